The molecule has 0 aliphatic rings. The minimum Gasteiger partial charge on any atom is -0.352 e. The highest BCUT2D eigenvalue weighted by atomic mass is 79.9. The summed E-state index contributed by atoms with van der Waals surface area (Å²) in [5.74, 6) is -0.312. The minimum absolute atomic E-state index is 0.280. The second kappa shape index (κ2) is 7.21. The Hall–Kier alpha value is -1.90. The smallest absolute Gasteiger partial charge is 0.254 e. The molecule has 0 aliphatic heterocycles. The van der Waals surface area contributed by atoms with Gasteiger partial charge in [0, 0.05) is 28.4 Å². The van der Waals surface area contributed by atoms with Crippen LogP contribution in [0.2, 0.25) is 5.02 Å². The zero-order valence-electron chi connectivity index (χ0n) is 10.9. The van der Waals surface area contributed by atoms with Gasteiger partial charge in [-0.1, -0.05) is 33.6 Å². The summed E-state index contributed by atoms with van der Waals surface area (Å²) in [4.78, 5) is 15.9. The molecule has 0 bridgehead atoms. The van der Waals surface area contributed by atoms with Crippen molar-refractivity contribution in [3.63, 3.8) is 0 Å². The molecular formula is C15H11BrClN3O. The molecule has 0 radical (unpaired) electrons. The normalized spacial score (nSPS) is 9.95. The van der Waals surface area contributed by atoms with E-state index in [-0.39, 0.29) is 11.5 Å². The SMILES string of the molecule is N#Cc1ccncc1C(=O)NCCc1ccc(Br)cc1Cl. The summed E-state index contributed by atoms with van der Waals surface area (Å²) in [6.45, 7) is 0.431. The molecule has 1 heterocycles. The molecule has 0 saturated heterocycles. The zero-order valence-corrected chi connectivity index (χ0v) is 13.3. The van der Waals surface area contributed by atoms with Crippen LogP contribution in [-0.4, -0.2) is 17.4 Å². The first kappa shape index (κ1) is 15.5. The summed E-state index contributed by atoms with van der Waals surface area (Å²) in [7, 11) is 0. The highest BCUT2D eigenvalue weighted by Gasteiger charge is 2.11. The van der Waals surface area contributed by atoms with E-state index in [0.717, 1.165) is 10.0 Å². The summed E-state index contributed by atoms with van der Waals surface area (Å²) in [6.07, 6.45) is 3.48. The van der Waals surface area contributed by atoms with Crippen molar-refractivity contribution in [3.05, 3.63) is 62.8 Å². The van der Waals surface area contributed by atoms with E-state index in [0.29, 0.717) is 23.6 Å². The average Bonchev–Trinajstić information content (AvgIpc) is 2.49. The number of hydrogen-bond acceptors (Lipinski definition) is 3. The molecule has 0 saturated carbocycles. The number of nitriles is 1. The van der Waals surface area contributed by atoms with E-state index < -0.39 is 0 Å². The summed E-state index contributed by atoms with van der Waals surface area (Å²) in [5.41, 5.74) is 1.54. The Labute approximate surface area is 135 Å². The van der Waals surface area contributed by atoms with Crippen LogP contribution < -0.4 is 5.32 Å². The molecule has 1 aromatic carbocycles. The van der Waals surface area contributed by atoms with Crippen molar-refractivity contribution >= 4 is 33.4 Å². The molecule has 0 spiro atoms. The molecule has 1 aromatic heterocycles. The zero-order chi connectivity index (χ0) is 15.2. The summed E-state index contributed by atoms with van der Waals surface area (Å²) in [5, 5.41) is 12.4. The quantitative estimate of drug-likeness (QED) is 0.905. The lowest BCUT2D eigenvalue weighted by molar-refractivity contribution is 0.0953. The summed E-state index contributed by atoms with van der Waals surface area (Å²) < 4.78 is 0.911. The van der Waals surface area contributed by atoms with Gasteiger partial charge in [0.05, 0.1) is 11.1 Å². The van der Waals surface area contributed by atoms with Crippen molar-refractivity contribution in [2.75, 3.05) is 6.54 Å². The van der Waals surface area contributed by atoms with Gasteiger partial charge in [-0.25, -0.2) is 0 Å². The van der Waals surface area contributed by atoms with Crippen LogP contribution in [0.25, 0.3) is 0 Å². The van der Waals surface area contributed by atoms with Gasteiger partial charge in [0.2, 0.25) is 0 Å². The largest absolute Gasteiger partial charge is 0.352 e. The first-order valence-corrected chi connectivity index (χ1v) is 7.35. The molecule has 1 amide bonds. The number of rotatable bonds is 4. The van der Waals surface area contributed by atoms with Crippen molar-refractivity contribution in [3.8, 4) is 6.07 Å². The van der Waals surface area contributed by atoms with E-state index in [4.69, 9.17) is 16.9 Å². The number of pyridine rings is 1. The lowest BCUT2D eigenvalue weighted by Gasteiger charge is -2.07. The minimum atomic E-state index is -0.312. The van der Waals surface area contributed by atoms with E-state index in [1.165, 1.54) is 18.5 Å². The van der Waals surface area contributed by atoms with Crippen molar-refractivity contribution < 1.29 is 4.79 Å². The van der Waals surface area contributed by atoms with Gasteiger partial charge in [-0.2, -0.15) is 5.26 Å². The Morgan fingerprint density at radius 2 is 2.24 bits per heavy atom. The third-order valence-electron chi connectivity index (χ3n) is 2.88. The standard InChI is InChI=1S/C15H11BrClN3O/c16-12-2-1-10(14(17)7-12)4-6-20-15(21)13-9-19-5-3-11(13)8-18/h1-3,5,7,9H,4,6H2,(H,20,21). The van der Waals surface area contributed by atoms with E-state index in [9.17, 15) is 4.79 Å². The summed E-state index contributed by atoms with van der Waals surface area (Å²) in [6, 6.07) is 9.11. The molecule has 2 rings (SSSR count). The first-order valence-electron chi connectivity index (χ1n) is 6.18. The molecule has 4 nitrogen and oxygen atoms in total. The van der Waals surface area contributed by atoms with Gasteiger partial charge in [0.1, 0.15) is 6.07 Å². The number of carbonyl (C=O) groups is 1. The second-order valence-corrected chi connectivity index (χ2v) is 5.60. The highest BCUT2D eigenvalue weighted by Crippen LogP contribution is 2.21. The maximum absolute atomic E-state index is 12.0. The van der Waals surface area contributed by atoms with Crippen LogP contribution in [0.3, 0.4) is 0 Å². The van der Waals surface area contributed by atoms with Gasteiger partial charge in [0.25, 0.3) is 5.91 Å². The van der Waals surface area contributed by atoms with Crippen molar-refractivity contribution in [1.29, 1.82) is 5.26 Å². The number of nitrogens with one attached hydrogen (secondary N) is 1. The number of carbonyl (C=O) groups excluding carboxylic acids is 1. The molecule has 1 N–H and O–H groups in total. The average molecular weight is 365 g/mol. The maximum atomic E-state index is 12.0. The van der Waals surface area contributed by atoms with Crippen molar-refractivity contribution in [2.24, 2.45) is 0 Å². The topological polar surface area (TPSA) is 65.8 Å². The van der Waals surface area contributed by atoms with Crippen LogP contribution in [0.4, 0.5) is 0 Å². The van der Waals surface area contributed by atoms with Gasteiger partial charge < -0.3 is 5.32 Å². The molecular weight excluding hydrogens is 354 g/mol. The maximum Gasteiger partial charge on any atom is 0.254 e. The number of nitrogens with zero attached hydrogens (tertiary/aromatic N) is 2. The first-order chi connectivity index (χ1) is 10.1. The highest BCUT2D eigenvalue weighted by molar-refractivity contribution is 9.10. The Bertz CT molecular complexity index is 712. The van der Waals surface area contributed by atoms with Gasteiger partial charge >= 0.3 is 0 Å². The third kappa shape index (κ3) is 4.03. The van der Waals surface area contributed by atoms with Gasteiger partial charge in [-0.3, -0.25) is 9.78 Å². The molecule has 0 unspecified atom stereocenters. The van der Waals surface area contributed by atoms with Crippen LogP contribution >= 0.6 is 27.5 Å². The number of amides is 1. The predicted octanol–water partition coefficient (Wildman–Crippen LogP) is 3.34. The van der Waals surface area contributed by atoms with Gasteiger partial charge in [-0.15, -0.1) is 0 Å². The molecule has 0 aliphatic carbocycles. The number of halogens is 2. The van der Waals surface area contributed by atoms with E-state index >= 15 is 0 Å². The molecule has 2 aromatic rings. The Balaban J connectivity index is 1.97. The molecule has 0 atom stereocenters. The molecule has 21 heavy (non-hydrogen) atoms. The molecule has 6 heteroatoms. The fourth-order valence-electron chi connectivity index (χ4n) is 1.80. The lowest BCUT2D eigenvalue weighted by atomic mass is 10.1. The second-order valence-electron chi connectivity index (χ2n) is 4.27. The monoisotopic (exact) mass is 363 g/mol. The number of hydrogen-bond donors (Lipinski definition) is 1. The van der Waals surface area contributed by atoms with Gasteiger partial charge in [0.15, 0.2) is 0 Å². The van der Waals surface area contributed by atoms with Crippen LogP contribution in [0.1, 0.15) is 21.5 Å². The van der Waals surface area contributed by atoms with E-state index in [1.807, 2.05) is 24.3 Å². The van der Waals surface area contributed by atoms with E-state index in [2.05, 4.69) is 26.2 Å². The Kier molecular flexibility index (Phi) is 5.32. The lowest BCUT2D eigenvalue weighted by Crippen LogP contribution is -2.26. The summed E-state index contributed by atoms with van der Waals surface area (Å²) >= 11 is 9.46. The molecule has 0 fully saturated rings. The predicted molar refractivity (Wildman–Crippen MR) is 84.1 cm³/mol. The Morgan fingerprint density at radius 3 is 2.95 bits per heavy atom. The van der Waals surface area contributed by atoms with Crippen LogP contribution in [0.5, 0.6) is 0 Å². The van der Waals surface area contributed by atoms with Crippen LogP contribution in [0, 0.1) is 11.3 Å². The fourth-order valence-corrected chi connectivity index (χ4v) is 2.57. The van der Waals surface area contributed by atoms with E-state index in [1.54, 1.807) is 0 Å². The third-order valence-corrected chi connectivity index (χ3v) is 3.73. The van der Waals surface area contributed by atoms with Crippen molar-refractivity contribution in [2.45, 2.75) is 6.42 Å². The van der Waals surface area contributed by atoms with Crippen LogP contribution in [0.15, 0.2) is 41.1 Å². The Morgan fingerprint density at radius 1 is 1.43 bits per heavy atom. The fraction of sp³-hybridized carbons (Fsp3) is 0.133. The van der Waals surface area contributed by atoms with Crippen molar-refractivity contribution in [1.82, 2.24) is 10.3 Å². The number of aromatic nitrogens is 1. The van der Waals surface area contributed by atoms with Gasteiger partial charge in [-0.05, 0) is 30.2 Å². The van der Waals surface area contributed by atoms with Crippen LogP contribution in [-0.2, 0) is 6.42 Å². The molecule has 106 valence electrons. The number of benzene rings is 1.